The molecule has 118 valence electrons. The van der Waals surface area contributed by atoms with E-state index in [1.54, 1.807) is 31.4 Å². The zero-order valence-corrected chi connectivity index (χ0v) is 12.3. The van der Waals surface area contributed by atoms with Gasteiger partial charge in [0.25, 0.3) is 0 Å². The molecule has 0 amide bonds. The van der Waals surface area contributed by atoms with Gasteiger partial charge in [0.15, 0.2) is 11.5 Å². The van der Waals surface area contributed by atoms with Gasteiger partial charge in [-0.15, -0.1) is 0 Å². The number of carboxylic acids is 1. The van der Waals surface area contributed by atoms with E-state index in [1.807, 2.05) is 0 Å². The number of fused-ring (bicyclic) bond motifs is 1. The minimum Gasteiger partial charge on any atom is -0.506 e. The Morgan fingerprint density at radius 2 is 2.04 bits per heavy atom. The second-order valence-corrected chi connectivity index (χ2v) is 4.79. The first-order valence-electron chi connectivity index (χ1n) is 6.78. The maximum Gasteiger partial charge on any atom is 0.356 e. The number of rotatable bonds is 5. The Morgan fingerprint density at radius 1 is 1.26 bits per heavy atom. The molecule has 0 aliphatic carbocycles. The Hall–Kier alpha value is -3.22. The van der Waals surface area contributed by atoms with Gasteiger partial charge in [-0.25, -0.2) is 9.78 Å². The summed E-state index contributed by atoms with van der Waals surface area (Å²) < 4.78 is 12.3. The van der Waals surface area contributed by atoms with Gasteiger partial charge in [-0.2, -0.15) is 0 Å². The number of aromatic carboxylic acids is 1. The summed E-state index contributed by atoms with van der Waals surface area (Å²) >= 11 is 0. The van der Waals surface area contributed by atoms with Crippen LogP contribution >= 0.6 is 0 Å². The van der Waals surface area contributed by atoms with Gasteiger partial charge >= 0.3 is 5.97 Å². The Labute approximate surface area is 131 Å². The third-order valence-corrected chi connectivity index (χ3v) is 3.31. The van der Waals surface area contributed by atoms with Gasteiger partial charge in [-0.1, -0.05) is 6.07 Å². The lowest BCUT2D eigenvalue weighted by molar-refractivity contribution is 0.0693. The Kier molecular flexibility index (Phi) is 3.76. The monoisotopic (exact) mass is 314 g/mol. The summed E-state index contributed by atoms with van der Waals surface area (Å²) in [4.78, 5) is 15.4. The van der Waals surface area contributed by atoms with Crippen LogP contribution < -0.4 is 9.47 Å². The molecule has 0 fully saturated rings. The van der Waals surface area contributed by atoms with E-state index in [9.17, 15) is 15.0 Å². The minimum absolute atomic E-state index is 0.00877. The fourth-order valence-electron chi connectivity index (χ4n) is 2.23. The summed E-state index contributed by atoms with van der Waals surface area (Å²) in [6.45, 7) is 0.0467. The average molecular weight is 314 g/mol. The number of pyridine rings is 1. The van der Waals surface area contributed by atoms with Crippen LogP contribution in [0.1, 0.15) is 16.3 Å². The molecule has 2 N–H and O–H groups in total. The number of aromatic hydroxyl groups is 1. The van der Waals surface area contributed by atoms with Crippen molar-refractivity contribution in [2.45, 2.75) is 6.61 Å². The summed E-state index contributed by atoms with van der Waals surface area (Å²) in [7, 11) is 1.56. The second-order valence-electron chi connectivity index (χ2n) is 4.79. The number of carbonyl (C=O) groups is 1. The van der Waals surface area contributed by atoms with Gasteiger partial charge in [-0.3, -0.25) is 4.40 Å². The molecule has 0 radical (unpaired) electrons. The molecular formula is C16H14N2O5. The van der Waals surface area contributed by atoms with E-state index >= 15 is 0 Å². The van der Waals surface area contributed by atoms with E-state index in [4.69, 9.17) is 9.47 Å². The van der Waals surface area contributed by atoms with Gasteiger partial charge in [0, 0.05) is 6.07 Å². The molecule has 0 bridgehead atoms. The zero-order valence-electron chi connectivity index (χ0n) is 12.3. The molecule has 2 aromatic heterocycles. The largest absolute Gasteiger partial charge is 0.506 e. The molecule has 0 spiro atoms. The summed E-state index contributed by atoms with van der Waals surface area (Å²) in [6, 6.07) is 9.96. The standard InChI is InChI=1S/C16H14N2O5/c1-22-11-3-2-4-12(7-11)23-9-14-17-15(16(20)21)13-6-5-10(19)8-18(13)14/h2-8,19H,9H2,1H3,(H,20,21). The van der Waals surface area contributed by atoms with Gasteiger partial charge in [0.2, 0.25) is 0 Å². The normalized spacial score (nSPS) is 10.7. The predicted molar refractivity (Wildman–Crippen MR) is 81.1 cm³/mol. The van der Waals surface area contributed by atoms with E-state index in [-0.39, 0.29) is 18.1 Å². The highest BCUT2D eigenvalue weighted by atomic mass is 16.5. The summed E-state index contributed by atoms with van der Waals surface area (Å²) in [6.07, 6.45) is 1.40. The van der Waals surface area contributed by atoms with Crippen LogP contribution in [0, 0.1) is 0 Å². The summed E-state index contributed by atoms with van der Waals surface area (Å²) in [5.74, 6) is 0.462. The molecule has 2 heterocycles. The van der Waals surface area contributed by atoms with E-state index in [1.165, 1.54) is 22.7 Å². The number of aromatic nitrogens is 2. The molecule has 7 nitrogen and oxygen atoms in total. The second kappa shape index (κ2) is 5.88. The van der Waals surface area contributed by atoms with E-state index < -0.39 is 5.97 Å². The topological polar surface area (TPSA) is 93.3 Å². The molecule has 3 aromatic rings. The number of benzene rings is 1. The van der Waals surface area contributed by atoms with Crippen LogP contribution in [0.4, 0.5) is 0 Å². The first kappa shape index (κ1) is 14.7. The highest BCUT2D eigenvalue weighted by Gasteiger charge is 2.17. The molecule has 0 atom stereocenters. The number of hydrogen-bond donors (Lipinski definition) is 2. The lowest BCUT2D eigenvalue weighted by Gasteiger charge is -2.07. The zero-order chi connectivity index (χ0) is 16.4. The number of imidazole rings is 1. The Balaban J connectivity index is 1.93. The molecule has 0 aliphatic heterocycles. The van der Waals surface area contributed by atoms with E-state index in [0.717, 1.165) is 0 Å². The van der Waals surface area contributed by atoms with Gasteiger partial charge in [-0.05, 0) is 24.3 Å². The number of methoxy groups -OCH3 is 1. The summed E-state index contributed by atoms with van der Waals surface area (Å²) in [5, 5.41) is 18.8. The van der Waals surface area contributed by atoms with Crippen molar-refractivity contribution >= 4 is 11.5 Å². The fraction of sp³-hybridized carbons (Fsp3) is 0.125. The average Bonchev–Trinajstić information content (AvgIpc) is 2.91. The van der Waals surface area contributed by atoms with Crippen molar-refractivity contribution in [1.29, 1.82) is 0 Å². The molecular weight excluding hydrogens is 300 g/mol. The van der Waals surface area contributed by atoms with E-state index in [0.29, 0.717) is 22.8 Å². The van der Waals surface area contributed by atoms with Crippen LogP contribution in [-0.2, 0) is 6.61 Å². The quantitative estimate of drug-likeness (QED) is 0.751. The molecule has 0 unspecified atom stereocenters. The number of hydrogen-bond acceptors (Lipinski definition) is 5. The molecule has 23 heavy (non-hydrogen) atoms. The lowest BCUT2D eigenvalue weighted by atomic mass is 10.3. The Bertz CT molecular complexity index is 872. The lowest BCUT2D eigenvalue weighted by Crippen LogP contribution is -2.01. The van der Waals surface area contributed by atoms with Gasteiger partial charge < -0.3 is 19.7 Å². The first-order valence-corrected chi connectivity index (χ1v) is 6.78. The molecule has 0 aliphatic rings. The van der Waals surface area contributed by atoms with Crippen molar-refractivity contribution in [2.75, 3.05) is 7.11 Å². The molecule has 1 aromatic carbocycles. The van der Waals surface area contributed by atoms with Crippen molar-refractivity contribution in [1.82, 2.24) is 9.38 Å². The summed E-state index contributed by atoms with van der Waals surface area (Å²) in [5.41, 5.74) is 0.300. The van der Waals surface area contributed by atoms with Crippen molar-refractivity contribution in [3.05, 3.63) is 54.1 Å². The van der Waals surface area contributed by atoms with Crippen LogP contribution in [-0.4, -0.2) is 32.7 Å². The van der Waals surface area contributed by atoms with Crippen molar-refractivity contribution < 1.29 is 24.5 Å². The van der Waals surface area contributed by atoms with Gasteiger partial charge in [0.05, 0.1) is 18.8 Å². The smallest absolute Gasteiger partial charge is 0.356 e. The number of nitrogens with zero attached hydrogens (tertiary/aromatic N) is 2. The van der Waals surface area contributed by atoms with Crippen LogP contribution in [0.2, 0.25) is 0 Å². The van der Waals surface area contributed by atoms with Crippen LogP contribution in [0.15, 0.2) is 42.6 Å². The first-order chi connectivity index (χ1) is 11.1. The fourth-order valence-corrected chi connectivity index (χ4v) is 2.23. The van der Waals surface area contributed by atoms with Crippen LogP contribution in [0.25, 0.3) is 5.52 Å². The highest BCUT2D eigenvalue weighted by Crippen LogP contribution is 2.22. The van der Waals surface area contributed by atoms with Gasteiger partial charge in [0.1, 0.15) is 23.9 Å². The van der Waals surface area contributed by atoms with Crippen molar-refractivity contribution in [3.8, 4) is 17.2 Å². The van der Waals surface area contributed by atoms with Crippen molar-refractivity contribution in [2.24, 2.45) is 0 Å². The maximum absolute atomic E-state index is 11.3. The number of ether oxygens (including phenoxy) is 2. The highest BCUT2D eigenvalue weighted by molar-refractivity contribution is 5.93. The number of carboxylic acid groups (broad SMARTS) is 1. The van der Waals surface area contributed by atoms with Crippen LogP contribution in [0.3, 0.4) is 0 Å². The third kappa shape index (κ3) is 2.89. The SMILES string of the molecule is COc1cccc(OCc2nc(C(=O)O)c3ccc(O)cn23)c1. The molecule has 0 saturated heterocycles. The third-order valence-electron chi connectivity index (χ3n) is 3.31. The predicted octanol–water partition coefficient (Wildman–Crippen LogP) is 2.33. The molecule has 7 heteroatoms. The molecule has 3 rings (SSSR count). The maximum atomic E-state index is 11.3. The van der Waals surface area contributed by atoms with Crippen LogP contribution in [0.5, 0.6) is 17.2 Å². The Morgan fingerprint density at radius 3 is 2.78 bits per heavy atom. The minimum atomic E-state index is -1.14. The van der Waals surface area contributed by atoms with Crippen molar-refractivity contribution in [3.63, 3.8) is 0 Å². The molecule has 0 saturated carbocycles. The van der Waals surface area contributed by atoms with E-state index in [2.05, 4.69) is 4.98 Å².